The zero-order valence-electron chi connectivity index (χ0n) is 19.3. The molecule has 1 aromatic heterocycles. The number of benzene rings is 1. The highest BCUT2D eigenvalue weighted by Crippen LogP contribution is 2.49. The monoisotopic (exact) mass is 544 g/mol. The van der Waals surface area contributed by atoms with Crippen LogP contribution in [0.15, 0.2) is 47.4 Å². The van der Waals surface area contributed by atoms with Gasteiger partial charge in [-0.2, -0.15) is 18.9 Å². The summed E-state index contributed by atoms with van der Waals surface area (Å²) >= 11 is 0. The van der Waals surface area contributed by atoms with Gasteiger partial charge >= 0.3 is 31.3 Å². The van der Waals surface area contributed by atoms with Crippen LogP contribution in [0, 0.1) is 0 Å². The number of ether oxygens (including phenoxy) is 3. The fourth-order valence-corrected chi connectivity index (χ4v) is 5.26. The van der Waals surface area contributed by atoms with Crippen molar-refractivity contribution in [3.05, 3.63) is 53.1 Å². The van der Waals surface area contributed by atoms with Crippen molar-refractivity contribution in [1.82, 2.24) is 14.6 Å². The summed E-state index contributed by atoms with van der Waals surface area (Å²) in [5, 5.41) is 2.46. The molecule has 4 rings (SSSR count). The average molecular weight is 544 g/mol. The Bertz CT molecular complexity index is 1260. The van der Waals surface area contributed by atoms with Gasteiger partial charge in [-0.15, -0.1) is 0 Å². The van der Waals surface area contributed by atoms with Crippen LogP contribution in [0.1, 0.15) is 19.6 Å². The fourth-order valence-electron chi connectivity index (χ4n) is 3.72. The molecule has 2 fully saturated rings. The van der Waals surface area contributed by atoms with Crippen molar-refractivity contribution in [3.8, 4) is 5.75 Å². The van der Waals surface area contributed by atoms with Crippen LogP contribution in [0.4, 0.5) is 14.6 Å². The topological polar surface area (TPSA) is 170 Å². The molecular formula is C21H23F2N4O9P. The van der Waals surface area contributed by atoms with Gasteiger partial charge in [0.25, 0.3) is 0 Å². The number of carbonyl (C=O) groups excluding carboxylic acids is 2. The summed E-state index contributed by atoms with van der Waals surface area (Å²) in [7, 11) is -4.40. The molecule has 0 saturated carbocycles. The van der Waals surface area contributed by atoms with Gasteiger partial charge in [0.05, 0.1) is 13.2 Å². The van der Waals surface area contributed by atoms with E-state index in [9.17, 15) is 18.9 Å². The van der Waals surface area contributed by atoms with Crippen molar-refractivity contribution in [2.75, 3.05) is 18.9 Å². The van der Waals surface area contributed by atoms with E-state index in [1.807, 2.05) is 0 Å². The average Bonchev–Trinajstić information content (AvgIpc) is 3.33. The van der Waals surface area contributed by atoms with Crippen LogP contribution >= 0.6 is 7.75 Å². The third-order valence-electron chi connectivity index (χ3n) is 5.37. The number of halogens is 2. The molecule has 2 saturated heterocycles. The summed E-state index contributed by atoms with van der Waals surface area (Å²) in [6.45, 7) is 0.134. The number of rotatable bonds is 9. The number of nitrogens with one attached hydrogen (secondary N) is 1. The molecule has 5 atom stereocenters. The molecule has 200 valence electrons. The van der Waals surface area contributed by atoms with Crippen molar-refractivity contribution in [2.45, 2.75) is 43.7 Å². The highest BCUT2D eigenvalue weighted by molar-refractivity contribution is 7.52. The van der Waals surface area contributed by atoms with E-state index in [2.05, 4.69) is 10.1 Å². The van der Waals surface area contributed by atoms with E-state index in [1.165, 1.54) is 12.1 Å². The number of anilines is 1. The van der Waals surface area contributed by atoms with Crippen molar-refractivity contribution < 1.29 is 46.2 Å². The fraction of sp³-hybridized carbons (Fsp3) is 0.429. The lowest BCUT2D eigenvalue weighted by molar-refractivity contribution is -0.174. The van der Waals surface area contributed by atoms with E-state index in [-0.39, 0.29) is 24.6 Å². The molecule has 16 heteroatoms. The van der Waals surface area contributed by atoms with Gasteiger partial charge < -0.3 is 24.5 Å². The van der Waals surface area contributed by atoms with Crippen LogP contribution in [0.2, 0.25) is 0 Å². The van der Waals surface area contributed by atoms with Crippen molar-refractivity contribution >= 4 is 25.5 Å². The molecule has 0 radical (unpaired) electrons. The lowest BCUT2D eigenvalue weighted by Crippen LogP contribution is -2.44. The second-order valence-electron chi connectivity index (χ2n) is 8.11. The minimum atomic E-state index is -4.40. The number of nitrogens with two attached hydrogens (primary N) is 1. The molecule has 37 heavy (non-hydrogen) atoms. The normalized spacial score (nSPS) is 26.3. The Morgan fingerprint density at radius 3 is 2.65 bits per heavy atom. The zero-order valence-corrected chi connectivity index (χ0v) is 20.2. The van der Waals surface area contributed by atoms with E-state index >= 15 is 8.78 Å². The Hall–Kier alpha value is -3.39. The van der Waals surface area contributed by atoms with Gasteiger partial charge in [0, 0.05) is 19.5 Å². The molecule has 13 nitrogen and oxygen atoms in total. The van der Waals surface area contributed by atoms with E-state index < -0.39 is 62.4 Å². The van der Waals surface area contributed by atoms with Crippen molar-refractivity contribution in [3.63, 3.8) is 0 Å². The predicted octanol–water partition coefficient (Wildman–Crippen LogP) is 1.40. The van der Waals surface area contributed by atoms with Gasteiger partial charge in [0.2, 0.25) is 6.23 Å². The minimum absolute atomic E-state index is 0.0698. The molecule has 0 aliphatic carbocycles. The first-order valence-electron chi connectivity index (χ1n) is 11.0. The number of nitrogen functional groups attached to an aromatic ring is 1. The van der Waals surface area contributed by atoms with Crippen LogP contribution in [0.3, 0.4) is 0 Å². The maximum absolute atomic E-state index is 15.3. The van der Waals surface area contributed by atoms with E-state index in [4.69, 9.17) is 29.0 Å². The van der Waals surface area contributed by atoms with Gasteiger partial charge in [-0.05, 0) is 18.2 Å². The van der Waals surface area contributed by atoms with Gasteiger partial charge in [0.1, 0.15) is 23.7 Å². The van der Waals surface area contributed by atoms with Crippen LogP contribution in [0.5, 0.6) is 5.75 Å². The highest BCUT2D eigenvalue weighted by Gasteiger charge is 2.62. The Morgan fingerprint density at radius 1 is 1.30 bits per heavy atom. The lowest BCUT2D eigenvalue weighted by atomic mass is 10.1. The van der Waals surface area contributed by atoms with Crippen molar-refractivity contribution in [2.24, 2.45) is 0 Å². The number of para-hydroxylation sites is 1. The first-order valence-corrected chi connectivity index (χ1v) is 12.5. The summed E-state index contributed by atoms with van der Waals surface area (Å²) in [5.41, 5.74) is 4.29. The number of aromatic nitrogens is 2. The first kappa shape index (κ1) is 26.7. The summed E-state index contributed by atoms with van der Waals surface area (Å²) in [4.78, 5) is 39.1. The molecule has 1 aromatic carbocycles. The van der Waals surface area contributed by atoms with Crippen LogP contribution in [0.25, 0.3) is 0 Å². The molecule has 1 unspecified atom stereocenters. The van der Waals surface area contributed by atoms with Crippen LogP contribution in [-0.4, -0.2) is 58.9 Å². The predicted molar refractivity (Wildman–Crippen MR) is 120 cm³/mol. The second-order valence-corrected chi connectivity index (χ2v) is 9.80. The van der Waals surface area contributed by atoms with Crippen LogP contribution in [-0.2, 0) is 32.9 Å². The number of esters is 2. The molecule has 0 bridgehead atoms. The van der Waals surface area contributed by atoms with E-state index in [0.29, 0.717) is 4.57 Å². The Kier molecular flexibility index (Phi) is 7.59. The summed E-state index contributed by atoms with van der Waals surface area (Å²) in [6, 6.07) is 7.84. The van der Waals surface area contributed by atoms with Crippen molar-refractivity contribution in [1.29, 1.82) is 0 Å². The number of hydrogen-bond donors (Lipinski definition) is 2. The molecule has 3 heterocycles. The number of hydrogen-bond acceptors (Lipinski definition) is 11. The summed E-state index contributed by atoms with van der Waals surface area (Å²) < 4.78 is 70.7. The first-order chi connectivity index (χ1) is 17.5. The molecule has 3 N–H and O–H groups in total. The molecule has 2 aliphatic heterocycles. The Labute approximate surface area is 208 Å². The maximum Gasteiger partial charge on any atom is 0.459 e. The van der Waals surface area contributed by atoms with Gasteiger partial charge in [0.15, 0.2) is 6.10 Å². The van der Waals surface area contributed by atoms with Gasteiger partial charge in [-0.1, -0.05) is 18.2 Å². The Balaban J connectivity index is 1.59. The smallest absolute Gasteiger partial charge is 0.459 e. The molecule has 0 amide bonds. The maximum atomic E-state index is 15.3. The second kappa shape index (κ2) is 10.5. The molecular weight excluding hydrogens is 521 g/mol. The van der Waals surface area contributed by atoms with Crippen LogP contribution < -0.4 is 21.0 Å². The third-order valence-corrected chi connectivity index (χ3v) is 6.94. The van der Waals surface area contributed by atoms with Gasteiger partial charge in [-0.3, -0.25) is 18.7 Å². The minimum Gasteiger partial charge on any atom is -0.464 e. The Morgan fingerprint density at radius 2 is 2.03 bits per heavy atom. The van der Waals surface area contributed by atoms with Gasteiger partial charge in [-0.25, -0.2) is 9.36 Å². The summed E-state index contributed by atoms with van der Waals surface area (Å²) in [5.74, 6) is -5.80. The SMILES string of the molecule is CC(=O)O[C@@H]1[C@@H](CO[P@@](=O)(N[C@H]2CCOC2=O)Oc2ccccc2)OC(n2ccc(N)nc2=O)C1(F)F. The third kappa shape index (κ3) is 5.96. The molecule has 0 spiro atoms. The van der Waals surface area contributed by atoms with E-state index in [1.54, 1.807) is 18.2 Å². The standard InChI is InChI=1S/C21H23F2N4O9P/c1-12(28)34-17-15(35-19(21(17,22)23)27-9-7-16(24)25-20(27)30)11-33-37(31,26-14-8-10-32-18(14)29)36-13-5-3-2-4-6-13/h2-7,9,14-15,17,19H,8,10-11H2,1H3,(H,26,31)(H2,24,25,30)/t14-,15+,17+,19?,37-/m0/s1. The summed E-state index contributed by atoms with van der Waals surface area (Å²) in [6.07, 6.45) is -5.08. The molecule has 2 aliphatic rings. The number of carbonyl (C=O) groups is 2. The molecule has 2 aromatic rings. The number of nitrogens with zero attached hydrogens (tertiary/aromatic N) is 2. The number of alkyl halides is 2. The zero-order chi connectivity index (χ0) is 26.8. The largest absolute Gasteiger partial charge is 0.464 e. The number of cyclic esters (lactones) is 1. The lowest BCUT2D eigenvalue weighted by Gasteiger charge is -2.25. The van der Waals surface area contributed by atoms with E-state index in [0.717, 1.165) is 19.2 Å². The quantitative estimate of drug-likeness (QED) is 0.344. The highest BCUT2D eigenvalue weighted by atomic mass is 31.2.